The molecule has 2 unspecified atom stereocenters. The Morgan fingerprint density at radius 2 is 2.41 bits per heavy atom. The van der Waals surface area contributed by atoms with Crippen molar-refractivity contribution < 1.29 is 9.53 Å². The zero-order valence-electron chi connectivity index (χ0n) is 10.3. The van der Waals surface area contributed by atoms with Crippen LogP contribution in [0.1, 0.15) is 36.7 Å². The molecule has 0 amide bonds. The molecule has 1 saturated carbocycles. The average molecular weight is 237 g/mol. The highest BCUT2D eigenvalue weighted by Gasteiger charge is 2.34. The summed E-state index contributed by atoms with van der Waals surface area (Å²) in [5.41, 5.74) is 6.54. The van der Waals surface area contributed by atoms with Gasteiger partial charge in [-0.1, -0.05) is 6.42 Å². The summed E-state index contributed by atoms with van der Waals surface area (Å²) in [6.07, 6.45) is 4.42. The minimum atomic E-state index is -0.0779. The van der Waals surface area contributed by atoms with Crippen LogP contribution in [0.25, 0.3) is 0 Å². The zero-order valence-corrected chi connectivity index (χ0v) is 10.3. The van der Waals surface area contributed by atoms with E-state index in [-0.39, 0.29) is 17.7 Å². The molecule has 0 spiro atoms. The van der Waals surface area contributed by atoms with Gasteiger partial charge in [-0.25, -0.2) is 0 Å². The maximum Gasteiger partial charge on any atom is 0.189 e. The van der Waals surface area contributed by atoms with Gasteiger partial charge in [0.05, 0.1) is 13.3 Å². The van der Waals surface area contributed by atoms with Crippen molar-refractivity contribution in [3.63, 3.8) is 0 Å². The van der Waals surface area contributed by atoms with E-state index in [4.69, 9.17) is 10.5 Å². The van der Waals surface area contributed by atoms with Crippen LogP contribution in [0.3, 0.4) is 0 Å². The third-order valence-electron chi connectivity index (χ3n) is 3.46. The van der Waals surface area contributed by atoms with Gasteiger partial charge in [0.15, 0.2) is 11.5 Å². The molecule has 2 atom stereocenters. The lowest BCUT2D eigenvalue weighted by Crippen LogP contribution is -2.32. The van der Waals surface area contributed by atoms with Gasteiger partial charge in [0.2, 0.25) is 0 Å². The molecule has 5 nitrogen and oxygen atoms in total. The molecule has 5 heteroatoms. The number of nitrogens with zero attached hydrogens (tertiary/aromatic N) is 2. The summed E-state index contributed by atoms with van der Waals surface area (Å²) in [5, 5.41) is 4.15. The largest absolute Gasteiger partial charge is 0.493 e. The molecule has 1 aliphatic carbocycles. The van der Waals surface area contributed by atoms with Gasteiger partial charge in [-0.05, 0) is 19.8 Å². The molecule has 0 bridgehead atoms. The molecule has 1 aliphatic rings. The third kappa shape index (κ3) is 2.07. The van der Waals surface area contributed by atoms with E-state index in [1.54, 1.807) is 18.0 Å². The fraction of sp³-hybridized carbons (Fsp3) is 0.667. The molecule has 17 heavy (non-hydrogen) atoms. The first-order valence-corrected chi connectivity index (χ1v) is 6.08. The summed E-state index contributed by atoms with van der Waals surface area (Å²) < 4.78 is 6.89. The minimum Gasteiger partial charge on any atom is -0.493 e. The second-order valence-corrected chi connectivity index (χ2v) is 4.44. The fourth-order valence-corrected chi connectivity index (χ4v) is 2.50. The van der Waals surface area contributed by atoms with E-state index in [1.807, 2.05) is 6.92 Å². The number of ether oxygens (including phenoxy) is 1. The van der Waals surface area contributed by atoms with Gasteiger partial charge < -0.3 is 10.5 Å². The maximum absolute atomic E-state index is 12.5. The number of aryl methyl sites for hydroxylation is 1. The number of aromatic nitrogens is 2. The molecule has 1 aromatic heterocycles. The van der Waals surface area contributed by atoms with E-state index in [0.717, 1.165) is 19.3 Å². The molecular weight excluding hydrogens is 218 g/mol. The van der Waals surface area contributed by atoms with Crippen LogP contribution in [0.5, 0.6) is 5.75 Å². The van der Waals surface area contributed by atoms with Crippen molar-refractivity contribution in [3.05, 3.63) is 11.9 Å². The van der Waals surface area contributed by atoms with Crippen molar-refractivity contribution in [2.24, 2.45) is 11.7 Å². The Kier molecular flexibility index (Phi) is 3.47. The smallest absolute Gasteiger partial charge is 0.189 e. The first kappa shape index (κ1) is 12.1. The Labute approximate surface area is 101 Å². The molecule has 2 rings (SSSR count). The highest BCUT2D eigenvalue weighted by Crippen LogP contribution is 2.30. The standard InChI is InChI=1S/C12H19N3O2/c1-3-15-11(10(17-2)7-14-15)12(16)8-5-4-6-9(8)13/h7-9H,3-6,13H2,1-2H3. The van der Waals surface area contributed by atoms with Crippen LogP contribution in [-0.4, -0.2) is 28.7 Å². The van der Waals surface area contributed by atoms with Crippen LogP contribution in [0.2, 0.25) is 0 Å². The van der Waals surface area contributed by atoms with Gasteiger partial charge in [-0.2, -0.15) is 5.10 Å². The SMILES string of the molecule is CCn1ncc(OC)c1C(=O)C1CCCC1N. The molecule has 1 fully saturated rings. The van der Waals surface area contributed by atoms with Crippen LogP contribution in [-0.2, 0) is 6.54 Å². The molecule has 1 heterocycles. The molecule has 2 N–H and O–H groups in total. The van der Waals surface area contributed by atoms with Crippen molar-refractivity contribution in [3.8, 4) is 5.75 Å². The molecule has 0 radical (unpaired) electrons. The van der Waals surface area contributed by atoms with Gasteiger partial charge in [-0.15, -0.1) is 0 Å². The van der Waals surface area contributed by atoms with E-state index in [1.165, 1.54) is 0 Å². The van der Waals surface area contributed by atoms with Crippen LogP contribution >= 0.6 is 0 Å². The number of carbonyl (C=O) groups excluding carboxylic acids is 1. The summed E-state index contributed by atoms with van der Waals surface area (Å²) in [6, 6.07) is -0.0209. The highest BCUT2D eigenvalue weighted by molar-refractivity contribution is 5.99. The monoisotopic (exact) mass is 237 g/mol. The van der Waals surface area contributed by atoms with Crippen molar-refractivity contribution in [2.75, 3.05) is 7.11 Å². The molecule has 0 saturated heterocycles. The lowest BCUT2D eigenvalue weighted by molar-refractivity contribution is 0.0899. The molecule has 94 valence electrons. The fourth-order valence-electron chi connectivity index (χ4n) is 2.50. The van der Waals surface area contributed by atoms with Crippen molar-refractivity contribution in [1.29, 1.82) is 0 Å². The van der Waals surface area contributed by atoms with Gasteiger partial charge in [0, 0.05) is 18.5 Å². The first-order valence-electron chi connectivity index (χ1n) is 6.08. The number of carbonyl (C=O) groups is 1. The number of ketones is 1. The maximum atomic E-state index is 12.5. The van der Waals surface area contributed by atoms with Gasteiger partial charge in [0.25, 0.3) is 0 Å². The normalized spacial score (nSPS) is 23.9. The number of nitrogens with two attached hydrogens (primary N) is 1. The summed E-state index contributed by atoms with van der Waals surface area (Å²) in [4.78, 5) is 12.5. The first-order chi connectivity index (χ1) is 8.19. The van der Waals surface area contributed by atoms with Crippen LogP contribution in [0, 0.1) is 5.92 Å². The van der Waals surface area contributed by atoms with Crippen molar-refractivity contribution in [2.45, 2.75) is 38.8 Å². The summed E-state index contributed by atoms with van der Waals surface area (Å²) >= 11 is 0. The number of hydrogen-bond acceptors (Lipinski definition) is 4. The molecule has 0 aliphatic heterocycles. The Balaban J connectivity index is 2.32. The quantitative estimate of drug-likeness (QED) is 0.799. The van der Waals surface area contributed by atoms with Gasteiger partial charge in [0.1, 0.15) is 5.69 Å². The number of hydrogen-bond donors (Lipinski definition) is 1. The van der Waals surface area contributed by atoms with E-state index < -0.39 is 0 Å². The average Bonchev–Trinajstić information content (AvgIpc) is 2.93. The number of methoxy groups -OCH3 is 1. The Morgan fingerprint density at radius 1 is 1.65 bits per heavy atom. The Morgan fingerprint density at radius 3 is 2.94 bits per heavy atom. The lowest BCUT2D eigenvalue weighted by Gasteiger charge is -2.15. The van der Waals surface area contributed by atoms with E-state index in [0.29, 0.717) is 18.0 Å². The topological polar surface area (TPSA) is 70.1 Å². The van der Waals surface area contributed by atoms with Crippen LogP contribution in [0.15, 0.2) is 6.20 Å². The number of Topliss-reactive ketones (excluding diaryl/α,β-unsaturated/α-hetero) is 1. The van der Waals surface area contributed by atoms with E-state index in [2.05, 4.69) is 5.10 Å². The van der Waals surface area contributed by atoms with Gasteiger partial charge >= 0.3 is 0 Å². The summed E-state index contributed by atoms with van der Waals surface area (Å²) in [7, 11) is 1.56. The number of rotatable bonds is 4. The second kappa shape index (κ2) is 4.87. The molecule has 1 aromatic rings. The predicted octanol–water partition coefficient (Wildman–Crippen LogP) is 1.22. The van der Waals surface area contributed by atoms with E-state index in [9.17, 15) is 4.79 Å². The van der Waals surface area contributed by atoms with Gasteiger partial charge in [-0.3, -0.25) is 9.48 Å². The molecule has 0 aromatic carbocycles. The Hall–Kier alpha value is -1.36. The van der Waals surface area contributed by atoms with Crippen molar-refractivity contribution >= 4 is 5.78 Å². The second-order valence-electron chi connectivity index (χ2n) is 4.44. The van der Waals surface area contributed by atoms with Crippen LogP contribution < -0.4 is 10.5 Å². The minimum absolute atomic E-state index is 0.0209. The summed E-state index contributed by atoms with van der Waals surface area (Å²) in [5.74, 6) is 0.549. The lowest BCUT2D eigenvalue weighted by atomic mass is 9.96. The third-order valence-corrected chi connectivity index (χ3v) is 3.46. The summed E-state index contributed by atoms with van der Waals surface area (Å²) in [6.45, 7) is 2.62. The molecular formula is C12H19N3O2. The van der Waals surface area contributed by atoms with Crippen molar-refractivity contribution in [1.82, 2.24) is 9.78 Å². The Bertz CT molecular complexity index is 392. The zero-order chi connectivity index (χ0) is 12.4. The predicted molar refractivity (Wildman–Crippen MR) is 64.1 cm³/mol. The van der Waals surface area contributed by atoms with E-state index >= 15 is 0 Å². The van der Waals surface area contributed by atoms with Crippen LogP contribution in [0.4, 0.5) is 0 Å². The highest BCUT2D eigenvalue weighted by atomic mass is 16.5.